The highest BCUT2D eigenvalue weighted by atomic mass is 32.2. The van der Waals surface area contributed by atoms with Gasteiger partial charge < -0.3 is 15.0 Å². The molecule has 8 nitrogen and oxygen atoms in total. The van der Waals surface area contributed by atoms with Gasteiger partial charge in [0.2, 0.25) is 5.91 Å². The van der Waals surface area contributed by atoms with Crippen LogP contribution < -0.4 is 10.2 Å². The van der Waals surface area contributed by atoms with Crippen molar-refractivity contribution in [2.45, 2.75) is 31.6 Å². The van der Waals surface area contributed by atoms with Crippen LogP contribution in [-0.4, -0.2) is 61.4 Å². The van der Waals surface area contributed by atoms with Crippen LogP contribution in [0.2, 0.25) is 0 Å². The van der Waals surface area contributed by atoms with Crippen LogP contribution in [0.4, 0.5) is 11.4 Å². The van der Waals surface area contributed by atoms with Crippen LogP contribution >= 0.6 is 11.8 Å². The molecule has 0 aromatic heterocycles. The summed E-state index contributed by atoms with van der Waals surface area (Å²) in [7, 11) is -3.21. The molecule has 1 N–H and O–H groups in total. The predicted molar refractivity (Wildman–Crippen MR) is 134 cm³/mol. The van der Waals surface area contributed by atoms with E-state index in [0.717, 1.165) is 17.3 Å². The number of rotatable bonds is 9. The normalized spacial score (nSPS) is 17.5. The number of carbonyl (C=O) groups is 3. The third-order valence-electron chi connectivity index (χ3n) is 5.35. The smallest absolute Gasteiger partial charge is 0.319 e. The highest BCUT2D eigenvalue weighted by Gasteiger charge is 2.36. The standard InChI is InChI=1S/C24H28N2O6S2/c1-17-8-10-19(11-9-17)25-22(27)15-33-18(2)24(29)32-14-23(28)26(20-6-4-3-5-7-20)21-12-13-34(30,31)16-21/h3-11,18,21H,12-16H2,1-2H3,(H,25,27)/t18-,21-/m0/s1. The quantitative estimate of drug-likeness (QED) is 0.523. The number of sulfone groups is 1. The van der Waals surface area contributed by atoms with Gasteiger partial charge in [-0.15, -0.1) is 11.8 Å². The van der Waals surface area contributed by atoms with Crippen molar-refractivity contribution < 1.29 is 27.5 Å². The molecule has 10 heteroatoms. The van der Waals surface area contributed by atoms with Gasteiger partial charge in [0, 0.05) is 11.4 Å². The number of nitrogens with one attached hydrogen (secondary N) is 1. The summed E-state index contributed by atoms with van der Waals surface area (Å²) in [6, 6.07) is 15.6. The molecule has 2 aromatic carbocycles. The lowest BCUT2D eigenvalue weighted by Crippen LogP contribution is -2.44. The zero-order valence-corrected chi connectivity index (χ0v) is 20.7. The monoisotopic (exact) mass is 504 g/mol. The molecule has 0 saturated carbocycles. The van der Waals surface area contributed by atoms with Crippen LogP contribution in [0.1, 0.15) is 18.9 Å². The van der Waals surface area contributed by atoms with Gasteiger partial charge in [-0.2, -0.15) is 0 Å². The van der Waals surface area contributed by atoms with Crippen molar-refractivity contribution >= 4 is 50.8 Å². The number of nitrogens with zero attached hydrogens (tertiary/aromatic N) is 1. The molecule has 0 spiro atoms. The summed E-state index contributed by atoms with van der Waals surface area (Å²) in [6.45, 7) is 3.05. The molecular weight excluding hydrogens is 476 g/mol. The SMILES string of the molecule is Cc1ccc(NC(=O)CS[C@@H](C)C(=O)OCC(=O)N(c2ccccc2)[C@H]2CCS(=O)(=O)C2)cc1. The Morgan fingerprint density at radius 1 is 1.12 bits per heavy atom. The molecule has 34 heavy (non-hydrogen) atoms. The minimum Gasteiger partial charge on any atom is -0.455 e. The Labute approximate surface area is 204 Å². The number of esters is 1. The highest BCUT2D eigenvalue weighted by Crippen LogP contribution is 2.25. The molecule has 0 radical (unpaired) electrons. The first-order valence-corrected chi connectivity index (χ1v) is 13.7. The first-order chi connectivity index (χ1) is 16.1. The molecule has 1 heterocycles. The molecule has 2 amide bonds. The molecule has 2 atom stereocenters. The third kappa shape index (κ3) is 7.33. The first-order valence-electron chi connectivity index (χ1n) is 10.9. The van der Waals surface area contributed by atoms with Crippen molar-refractivity contribution in [3.05, 3.63) is 60.2 Å². The van der Waals surface area contributed by atoms with Gasteiger partial charge in [-0.3, -0.25) is 14.4 Å². The Balaban J connectivity index is 1.52. The summed E-state index contributed by atoms with van der Waals surface area (Å²) in [6.07, 6.45) is 0.333. The molecule has 1 saturated heterocycles. The zero-order valence-electron chi connectivity index (χ0n) is 19.1. The minimum absolute atomic E-state index is 0.0202. The number of thioether (sulfide) groups is 1. The number of amides is 2. The second-order valence-electron chi connectivity index (χ2n) is 8.13. The van der Waals surface area contributed by atoms with Crippen LogP contribution in [0.25, 0.3) is 0 Å². The van der Waals surface area contributed by atoms with Crippen molar-refractivity contribution in [2.24, 2.45) is 0 Å². The number of hydrogen-bond acceptors (Lipinski definition) is 7. The van der Waals surface area contributed by atoms with E-state index in [1.54, 1.807) is 49.4 Å². The van der Waals surface area contributed by atoms with Gasteiger partial charge in [0.1, 0.15) is 5.25 Å². The lowest BCUT2D eigenvalue weighted by molar-refractivity contribution is -0.147. The Hall–Kier alpha value is -2.85. The van der Waals surface area contributed by atoms with Crippen molar-refractivity contribution in [3.63, 3.8) is 0 Å². The summed E-state index contributed by atoms with van der Waals surface area (Å²) < 4.78 is 29.1. The van der Waals surface area contributed by atoms with Crippen LogP contribution in [0.5, 0.6) is 0 Å². The Kier molecular flexibility index (Phi) is 8.73. The van der Waals surface area contributed by atoms with Crippen LogP contribution in [0.15, 0.2) is 54.6 Å². The van der Waals surface area contributed by atoms with E-state index in [0.29, 0.717) is 17.8 Å². The van der Waals surface area contributed by atoms with Crippen molar-refractivity contribution in [1.82, 2.24) is 0 Å². The molecule has 0 aliphatic carbocycles. The number of aryl methyl sites for hydroxylation is 1. The summed E-state index contributed by atoms with van der Waals surface area (Å²) in [4.78, 5) is 38.9. The lowest BCUT2D eigenvalue weighted by atomic mass is 10.2. The van der Waals surface area contributed by atoms with Gasteiger partial charge in [0.25, 0.3) is 5.91 Å². The Bertz CT molecular complexity index is 1120. The summed E-state index contributed by atoms with van der Waals surface area (Å²) >= 11 is 1.11. The minimum atomic E-state index is -3.21. The van der Waals surface area contributed by atoms with E-state index in [2.05, 4.69) is 5.32 Å². The fourth-order valence-electron chi connectivity index (χ4n) is 3.55. The largest absolute Gasteiger partial charge is 0.455 e. The maximum atomic E-state index is 12.9. The molecule has 1 aliphatic rings. The van der Waals surface area contributed by atoms with Crippen LogP contribution in [0, 0.1) is 6.92 Å². The molecule has 1 fully saturated rings. The van der Waals surface area contributed by atoms with E-state index in [9.17, 15) is 22.8 Å². The maximum absolute atomic E-state index is 12.9. The average Bonchev–Trinajstić information content (AvgIpc) is 3.17. The highest BCUT2D eigenvalue weighted by molar-refractivity contribution is 8.01. The molecule has 182 valence electrons. The van der Waals surface area contributed by atoms with Crippen LogP contribution in [-0.2, 0) is 29.0 Å². The number of para-hydroxylation sites is 1. The van der Waals surface area contributed by atoms with Crippen molar-refractivity contribution in [3.8, 4) is 0 Å². The number of benzene rings is 2. The predicted octanol–water partition coefficient (Wildman–Crippen LogP) is 2.82. The second kappa shape index (κ2) is 11.5. The van der Waals surface area contributed by atoms with Gasteiger partial charge in [-0.1, -0.05) is 35.9 Å². The third-order valence-corrected chi connectivity index (χ3v) is 8.22. The van der Waals surface area contributed by atoms with Gasteiger partial charge in [-0.05, 0) is 44.5 Å². The van der Waals surface area contributed by atoms with E-state index < -0.39 is 39.6 Å². The Morgan fingerprint density at radius 3 is 2.41 bits per heavy atom. The summed E-state index contributed by atoms with van der Waals surface area (Å²) in [5.41, 5.74) is 2.31. The fourth-order valence-corrected chi connectivity index (χ4v) is 5.93. The molecular formula is C24H28N2O6S2. The van der Waals surface area contributed by atoms with Gasteiger partial charge in [-0.25, -0.2) is 8.42 Å². The van der Waals surface area contributed by atoms with Crippen LogP contribution in [0.3, 0.4) is 0 Å². The second-order valence-corrected chi connectivity index (χ2v) is 11.7. The lowest BCUT2D eigenvalue weighted by Gasteiger charge is -2.28. The van der Waals surface area contributed by atoms with Crippen molar-refractivity contribution in [2.75, 3.05) is 34.1 Å². The van der Waals surface area contributed by atoms with E-state index in [1.807, 2.05) is 19.1 Å². The maximum Gasteiger partial charge on any atom is 0.319 e. The van der Waals surface area contributed by atoms with E-state index in [1.165, 1.54) is 4.90 Å². The topological polar surface area (TPSA) is 110 Å². The number of carbonyl (C=O) groups excluding carboxylic acids is 3. The number of hydrogen-bond donors (Lipinski definition) is 1. The zero-order chi connectivity index (χ0) is 24.7. The Morgan fingerprint density at radius 2 is 1.79 bits per heavy atom. The van der Waals surface area contributed by atoms with Gasteiger partial charge >= 0.3 is 5.97 Å². The van der Waals surface area contributed by atoms with E-state index >= 15 is 0 Å². The fraction of sp³-hybridized carbons (Fsp3) is 0.375. The molecule has 3 rings (SSSR count). The average molecular weight is 505 g/mol. The van der Waals surface area contributed by atoms with E-state index in [4.69, 9.17) is 4.74 Å². The molecule has 2 aromatic rings. The molecule has 0 unspecified atom stereocenters. The summed E-state index contributed by atoms with van der Waals surface area (Å²) in [5, 5.41) is 2.10. The van der Waals surface area contributed by atoms with Gasteiger partial charge in [0.05, 0.1) is 23.3 Å². The van der Waals surface area contributed by atoms with Gasteiger partial charge in [0.15, 0.2) is 16.4 Å². The van der Waals surface area contributed by atoms with E-state index in [-0.39, 0.29) is 23.2 Å². The molecule has 0 bridgehead atoms. The molecule has 1 aliphatic heterocycles. The number of ether oxygens (including phenoxy) is 1. The number of anilines is 2. The van der Waals surface area contributed by atoms with Crippen molar-refractivity contribution in [1.29, 1.82) is 0 Å². The first kappa shape index (κ1) is 25.8. The summed E-state index contributed by atoms with van der Waals surface area (Å²) in [5.74, 6) is -1.41.